The molecule has 1 aliphatic rings. The number of benzene rings is 2. The van der Waals surface area contributed by atoms with Gasteiger partial charge in [-0.3, -0.25) is 9.59 Å². The summed E-state index contributed by atoms with van der Waals surface area (Å²) in [5, 5.41) is 10.5. The standard InChI is InChI=1S/C20H19N3O2/c1-20(2)11-16(14-9-5-6-10-15(14)20)21-19(25)17-12-7-3-4-8-13(12)18(24)23-22-17/h3-10,16H,11H2,1-2H3,(H,21,25)(H,23,24). The van der Waals surface area contributed by atoms with Gasteiger partial charge in [0, 0.05) is 5.39 Å². The second kappa shape index (κ2) is 5.55. The Morgan fingerprint density at radius 1 is 1.12 bits per heavy atom. The van der Waals surface area contributed by atoms with Crippen LogP contribution >= 0.6 is 0 Å². The third-order valence-corrected chi connectivity index (χ3v) is 5.00. The molecule has 25 heavy (non-hydrogen) atoms. The first-order valence-corrected chi connectivity index (χ1v) is 8.35. The normalized spacial score (nSPS) is 18.1. The smallest absolute Gasteiger partial charge is 0.272 e. The largest absolute Gasteiger partial charge is 0.344 e. The van der Waals surface area contributed by atoms with Gasteiger partial charge < -0.3 is 5.32 Å². The molecule has 0 saturated heterocycles. The third-order valence-electron chi connectivity index (χ3n) is 5.00. The molecule has 126 valence electrons. The average Bonchev–Trinajstić information content (AvgIpc) is 2.86. The van der Waals surface area contributed by atoms with Crippen molar-refractivity contribution < 1.29 is 4.79 Å². The first-order valence-electron chi connectivity index (χ1n) is 8.35. The van der Waals surface area contributed by atoms with Gasteiger partial charge in [0.1, 0.15) is 0 Å². The van der Waals surface area contributed by atoms with Gasteiger partial charge in [0.05, 0.1) is 11.4 Å². The van der Waals surface area contributed by atoms with E-state index in [2.05, 4.69) is 41.5 Å². The Hall–Kier alpha value is -2.95. The second-order valence-corrected chi connectivity index (χ2v) is 7.15. The topological polar surface area (TPSA) is 74.8 Å². The zero-order chi connectivity index (χ0) is 17.6. The molecule has 0 bridgehead atoms. The van der Waals surface area contributed by atoms with Crippen LogP contribution in [-0.4, -0.2) is 16.1 Å². The van der Waals surface area contributed by atoms with Crippen molar-refractivity contribution in [2.24, 2.45) is 0 Å². The molecule has 5 heteroatoms. The van der Waals surface area contributed by atoms with Crippen LogP contribution in [0, 0.1) is 0 Å². The van der Waals surface area contributed by atoms with E-state index in [1.54, 1.807) is 24.3 Å². The van der Waals surface area contributed by atoms with Crippen LogP contribution in [0.3, 0.4) is 0 Å². The van der Waals surface area contributed by atoms with Crippen molar-refractivity contribution in [3.8, 4) is 0 Å². The number of carbonyl (C=O) groups excluding carboxylic acids is 1. The van der Waals surface area contributed by atoms with Crippen LogP contribution in [0.5, 0.6) is 0 Å². The number of hydrogen-bond donors (Lipinski definition) is 2. The number of carbonyl (C=O) groups is 1. The molecule has 3 aromatic rings. The fraction of sp³-hybridized carbons (Fsp3) is 0.250. The Balaban J connectivity index is 1.71. The van der Waals surface area contributed by atoms with Crippen LogP contribution in [0.15, 0.2) is 53.3 Å². The van der Waals surface area contributed by atoms with E-state index in [1.165, 1.54) is 5.56 Å². The number of nitrogens with zero attached hydrogens (tertiary/aromatic N) is 1. The minimum Gasteiger partial charge on any atom is -0.344 e. The Labute approximate surface area is 145 Å². The molecule has 2 aromatic carbocycles. The summed E-state index contributed by atoms with van der Waals surface area (Å²) >= 11 is 0. The van der Waals surface area contributed by atoms with Gasteiger partial charge in [0.15, 0.2) is 5.69 Å². The lowest BCUT2D eigenvalue weighted by molar-refractivity contribution is 0.0930. The fourth-order valence-electron chi connectivity index (χ4n) is 3.79. The van der Waals surface area contributed by atoms with Crippen LogP contribution in [0.25, 0.3) is 10.8 Å². The van der Waals surface area contributed by atoms with Crippen molar-refractivity contribution in [2.45, 2.75) is 31.7 Å². The maximum absolute atomic E-state index is 12.9. The monoisotopic (exact) mass is 333 g/mol. The summed E-state index contributed by atoms with van der Waals surface area (Å²) in [5.74, 6) is -0.273. The minimum atomic E-state index is -0.292. The van der Waals surface area contributed by atoms with Gasteiger partial charge in [-0.05, 0) is 29.0 Å². The lowest BCUT2D eigenvalue weighted by Gasteiger charge is -2.19. The highest BCUT2D eigenvalue weighted by Crippen LogP contribution is 2.44. The summed E-state index contributed by atoms with van der Waals surface area (Å²) in [6, 6.07) is 15.2. The zero-order valence-corrected chi connectivity index (χ0v) is 14.2. The first kappa shape index (κ1) is 15.6. The SMILES string of the molecule is CC1(C)CC(NC(=O)c2n[nH]c(=O)c3ccccc23)c2ccccc21. The van der Waals surface area contributed by atoms with E-state index < -0.39 is 0 Å². The molecule has 0 fully saturated rings. The van der Waals surface area contributed by atoms with Crippen molar-refractivity contribution in [3.63, 3.8) is 0 Å². The number of nitrogens with one attached hydrogen (secondary N) is 2. The van der Waals surface area contributed by atoms with Gasteiger partial charge in [-0.2, -0.15) is 5.10 Å². The molecule has 4 rings (SSSR count). The number of amides is 1. The van der Waals surface area contributed by atoms with Crippen molar-refractivity contribution in [3.05, 3.63) is 75.7 Å². The van der Waals surface area contributed by atoms with Crippen LogP contribution in [0.4, 0.5) is 0 Å². The molecule has 5 nitrogen and oxygen atoms in total. The number of hydrogen-bond acceptors (Lipinski definition) is 3. The molecule has 1 amide bonds. The van der Waals surface area contributed by atoms with E-state index >= 15 is 0 Å². The van der Waals surface area contributed by atoms with E-state index in [4.69, 9.17) is 0 Å². The summed E-state index contributed by atoms with van der Waals surface area (Å²) < 4.78 is 0. The summed E-state index contributed by atoms with van der Waals surface area (Å²) in [5.41, 5.74) is 2.38. The van der Waals surface area contributed by atoms with Crippen molar-refractivity contribution in [2.75, 3.05) is 0 Å². The maximum atomic E-state index is 12.9. The van der Waals surface area contributed by atoms with Crippen LogP contribution in [0.2, 0.25) is 0 Å². The molecule has 2 N–H and O–H groups in total. The molecule has 0 saturated carbocycles. The number of aromatic amines is 1. The van der Waals surface area contributed by atoms with Crippen LogP contribution in [-0.2, 0) is 5.41 Å². The highest BCUT2D eigenvalue weighted by Gasteiger charge is 2.37. The minimum absolute atomic E-state index is 0.00897. The van der Waals surface area contributed by atoms with E-state index in [-0.39, 0.29) is 28.6 Å². The molecule has 1 unspecified atom stereocenters. The highest BCUT2D eigenvalue weighted by atomic mass is 16.2. The van der Waals surface area contributed by atoms with Gasteiger partial charge in [-0.1, -0.05) is 56.3 Å². The second-order valence-electron chi connectivity index (χ2n) is 7.15. The van der Waals surface area contributed by atoms with Crippen molar-refractivity contribution >= 4 is 16.7 Å². The van der Waals surface area contributed by atoms with Crippen molar-refractivity contribution in [1.29, 1.82) is 0 Å². The van der Waals surface area contributed by atoms with Gasteiger partial charge in [-0.15, -0.1) is 0 Å². The molecule has 1 aliphatic carbocycles. The van der Waals surface area contributed by atoms with E-state index in [1.807, 2.05) is 12.1 Å². The first-order chi connectivity index (χ1) is 12.0. The number of fused-ring (bicyclic) bond motifs is 2. The van der Waals surface area contributed by atoms with Crippen LogP contribution < -0.4 is 10.9 Å². The predicted octanol–water partition coefficient (Wildman–Crippen LogP) is 3.08. The molecular formula is C20H19N3O2. The van der Waals surface area contributed by atoms with Gasteiger partial charge in [-0.25, -0.2) is 5.10 Å². The predicted molar refractivity (Wildman–Crippen MR) is 96.7 cm³/mol. The molecule has 0 aliphatic heterocycles. The molecule has 0 radical (unpaired) electrons. The van der Waals surface area contributed by atoms with E-state index in [0.717, 1.165) is 12.0 Å². The Bertz CT molecular complexity index is 1040. The fourth-order valence-corrected chi connectivity index (χ4v) is 3.79. The lowest BCUT2D eigenvalue weighted by atomic mass is 9.86. The quantitative estimate of drug-likeness (QED) is 0.757. The summed E-state index contributed by atoms with van der Waals surface area (Å²) in [7, 11) is 0. The van der Waals surface area contributed by atoms with Crippen LogP contribution in [0.1, 0.15) is 47.9 Å². The summed E-state index contributed by atoms with van der Waals surface area (Å²) in [6.45, 7) is 4.37. The molecule has 1 atom stereocenters. The third kappa shape index (κ3) is 2.52. The van der Waals surface area contributed by atoms with Gasteiger partial charge >= 0.3 is 0 Å². The Morgan fingerprint density at radius 3 is 2.60 bits per heavy atom. The highest BCUT2D eigenvalue weighted by molar-refractivity contribution is 6.04. The summed E-state index contributed by atoms with van der Waals surface area (Å²) in [6.07, 6.45) is 0.833. The molecule has 1 aromatic heterocycles. The van der Waals surface area contributed by atoms with Gasteiger partial charge in [0.2, 0.25) is 0 Å². The Kier molecular flexibility index (Phi) is 3.46. The molecular weight excluding hydrogens is 314 g/mol. The molecule has 1 heterocycles. The number of aromatic nitrogens is 2. The van der Waals surface area contributed by atoms with E-state index in [0.29, 0.717) is 10.8 Å². The lowest BCUT2D eigenvalue weighted by Crippen LogP contribution is -2.30. The van der Waals surface area contributed by atoms with E-state index in [9.17, 15) is 9.59 Å². The number of rotatable bonds is 2. The average molecular weight is 333 g/mol. The number of H-pyrrole nitrogens is 1. The summed E-state index contributed by atoms with van der Waals surface area (Å²) in [4.78, 5) is 24.7. The maximum Gasteiger partial charge on any atom is 0.272 e. The van der Waals surface area contributed by atoms with Crippen molar-refractivity contribution in [1.82, 2.24) is 15.5 Å². The zero-order valence-electron chi connectivity index (χ0n) is 14.2. The Morgan fingerprint density at radius 2 is 1.80 bits per heavy atom. The molecule has 0 spiro atoms. The van der Waals surface area contributed by atoms with Gasteiger partial charge in [0.25, 0.3) is 11.5 Å².